The lowest BCUT2D eigenvalue weighted by Gasteiger charge is -2.18. The van der Waals surface area contributed by atoms with E-state index in [1.165, 1.54) is 17.0 Å². The number of anilines is 1. The zero-order valence-corrected chi connectivity index (χ0v) is 15.7. The molecular formula is C22H14BrFN2O. The standard InChI is InChI=1S/C22H14BrFN2O/c23-17-8-6-16(7-9-17)21-25-20(14-15-4-2-1-3-5-15)22(27)26(21)19-12-10-18(24)11-13-19/h1-14H/b20-14+. The van der Waals surface area contributed by atoms with Crippen molar-refractivity contribution in [1.82, 2.24) is 0 Å². The van der Waals surface area contributed by atoms with Crippen LogP contribution in [0.3, 0.4) is 0 Å². The molecule has 0 aromatic heterocycles. The molecule has 0 unspecified atom stereocenters. The van der Waals surface area contributed by atoms with Gasteiger partial charge in [0.15, 0.2) is 0 Å². The minimum absolute atomic E-state index is 0.247. The number of amidine groups is 1. The molecule has 0 atom stereocenters. The lowest BCUT2D eigenvalue weighted by atomic mass is 10.1. The number of aliphatic imine (C=N–C) groups is 1. The molecule has 4 rings (SSSR count). The number of halogens is 2. The van der Waals surface area contributed by atoms with E-state index >= 15 is 0 Å². The van der Waals surface area contributed by atoms with Crippen LogP contribution in [0.2, 0.25) is 0 Å². The summed E-state index contributed by atoms with van der Waals surface area (Å²) in [6.07, 6.45) is 1.75. The van der Waals surface area contributed by atoms with Gasteiger partial charge in [-0.25, -0.2) is 9.38 Å². The van der Waals surface area contributed by atoms with Crippen LogP contribution in [0.5, 0.6) is 0 Å². The third kappa shape index (κ3) is 3.59. The van der Waals surface area contributed by atoms with Crippen molar-refractivity contribution >= 4 is 39.4 Å². The molecule has 3 aromatic carbocycles. The highest BCUT2D eigenvalue weighted by molar-refractivity contribution is 9.10. The molecule has 0 aliphatic carbocycles. The van der Waals surface area contributed by atoms with E-state index in [4.69, 9.17) is 0 Å². The number of carbonyl (C=O) groups excluding carboxylic acids is 1. The average Bonchev–Trinajstić information content (AvgIpc) is 3.00. The van der Waals surface area contributed by atoms with Gasteiger partial charge in [0.2, 0.25) is 0 Å². The molecule has 27 heavy (non-hydrogen) atoms. The summed E-state index contributed by atoms with van der Waals surface area (Å²) < 4.78 is 14.3. The van der Waals surface area contributed by atoms with Crippen LogP contribution in [-0.2, 0) is 4.79 Å². The fraction of sp³-hybridized carbons (Fsp3) is 0. The number of nitrogens with zero attached hydrogens (tertiary/aromatic N) is 2. The van der Waals surface area contributed by atoms with Crippen LogP contribution in [0, 0.1) is 5.82 Å². The fourth-order valence-electron chi connectivity index (χ4n) is 2.85. The van der Waals surface area contributed by atoms with E-state index in [0.717, 1.165) is 15.6 Å². The molecule has 1 amide bonds. The van der Waals surface area contributed by atoms with E-state index in [1.807, 2.05) is 54.6 Å². The van der Waals surface area contributed by atoms with Gasteiger partial charge in [0.25, 0.3) is 5.91 Å². The second-order valence-corrected chi connectivity index (χ2v) is 6.92. The van der Waals surface area contributed by atoms with Crippen LogP contribution in [0.4, 0.5) is 10.1 Å². The highest BCUT2D eigenvalue weighted by atomic mass is 79.9. The monoisotopic (exact) mass is 420 g/mol. The first-order valence-electron chi connectivity index (χ1n) is 8.33. The van der Waals surface area contributed by atoms with Crippen LogP contribution < -0.4 is 4.90 Å². The van der Waals surface area contributed by atoms with E-state index in [1.54, 1.807) is 18.2 Å². The van der Waals surface area contributed by atoms with Gasteiger partial charge in [-0.15, -0.1) is 0 Å². The van der Waals surface area contributed by atoms with Gasteiger partial charge in [0.05, 0.1) is 5.69 Å². The molecule has 0 saturated heterocycles. The summed E-state index contributed by atoms with van der Waals surface area (Å²) >= 11 is 3.42. The Balaban J connectivity index is 1.82. The minimum Gasteiger partial charge on any atom is -0.266 e. The van der Waals surface area contributed by atoms with Crippen LogP contribution in [0.25, 0.3) is 6.08 Å². The zero-order valence-electron chi connectivity index (χ0n) is 14.1. The molecule has 1 aliphatic rings. The first-order chi connectivity index (χ1) is 13.1. The molecule has 132 valence electrons. The summed E-state index contributed by atoms with van der Waals surface area (Å²) in [4.78, 5) is 19.2. The first-order valence-corrected chi connectivity index (χ1v) is 9.12. The average molecular weight is 421 g/mol. The highest BCUT2D eigenvalue weighted by Gasteiger charge is 2.32. The lowest BCUT2D eigenvalue weighted by Crippen LogP contribution is -2.32. The molecule has 0 fully saturated rings. The zero-order chi connectivity index (χ0) is 18.8. The summed E-state index contributed by atoms with van der Waals surface area (Å²) in [6.45, 7) is 0. The molecule has 0 radical (unpaired) electrons. The van der Waals surface area contributed by atoms with Crippen molar-refractivity contribution < 1.29 is 9.18 Å². The van der Waals surface area contributed by atoms with Crippen LogP contribution in [0.15, 0.2) is 94.0 Å². The number of benzene rings is 3. The lowest BCUT2D eigenvalue weighted by molar-refractivity contribution is -0.113. The van der Waals surface area contributed by atoms with Gasteiger partial charge >= 0.3 is 0 Å². The van der Waals surface area contributed by atoms with Gasteiger partial charge in [-0.05, 0) is 48.0 Å². The smallest absolute Gasteiger partial charge is 0.266 e. The molecule has 0 N–H and O–H groups in total. The third-order valence-corrected chi connectivity index (χ3v) is 4.68. The molecule has 0 spiro atoms. The Labute approximate surface area is 164 Å². The van der Waals surface area contributed by atoms with Gasteiger partial charge in [-0.3, -0.25) is 9.69 Å². The number of hydrogen-bond donors (Lipinski definition) is 0. The van der Waals surface area contributed by atoms with Gasteiger partial charge in [-0.2, -0.15) is 0 Å². The fourth-order valence-corrected chi connectivity index (χ4v) is 3.11. The highest BCUT2D eigenvalue weighted by Crippen LogP contribution is 2.28. The Kier molecular flexibility index (Phi) is 4.69. The molecule has 3 nitrogen and oxygen atoms in total. The van der Waals surface area contributed by atoms with Crippen molar-refractivity contribution in [3.63, 3.8) is 0 Å². The maximum absolute atomic E-state index is 13.3. The maximum atomic E-state index is 13.3. The van der Waals surface area contributed by atoms with Crippen LogP contribution >= 0.6 is 15.9 Å². The summed E-state index contributed by atoms with van der Waals surface area (Å²) in [5, 5.41) is 0. The molecular weight excluding hydrogens is 407 g/mol. The predicted octanol–water partition coefficient (Wildman–Crippen LogP) is 5.42. The van der Waals surface area contributed by atoms with Crippen molar-refractivity contribution in [2.45, 2.75) is 0 Å². The molecule has 5 heteroatoms. The van der Waals surface area contributed by atoms with E-state index < -0.39 is 0 Å². The number of hydrogen-bond acceptors (Lipinski definition) is 2. The first kappa shape index (κ1) is 17.4. The van der Waals surface area contributed by atoms with Gasteiger partial charge < -0.3 is 0 Å². The Morgan fingerprint density at radius 1 is 0.889 bits per heavy atom. The van der Waals surface area contributed by atoms with Gasteiger partial charge in [0, 0.05) is 10.0 Å². The Morgan fingerprint density at radius 3 is 2.22 bits per heavy atom. The number of rotatable bonds is 3. The maximum Gasteiger partial charge on any atom is 0.282 e. The molecule has 0 saturated carbocycles. The van der Waals surface area contributed by atoms with E-state index in [9.17, 15) is 9.18 Å². The Bertz CT molecular complexity index is 1040. The minimum atomic E-state index is -0.354. The van der Waals surface area contributed by atoms with Crippen molar-refractivity contribution in [2.24, 2.45) is 4.99 Å². The topological polar surface area (TPSA) is 32.7 Å². The third-order valence-electron chi connectivity index (χ3n) is 4.15. The van der Waals surface area contributed by atoms with Crippen molar-refractivity contribution in [3.05, 3.63) is 106 Å². The molecule has 1 heterocycles. The predicted molar refractivity (Wildman–Crippen MR) is 109 cm³/mol. The Hall–Kier alpha value is -3.05. The molecule has 0 bridgehead atoms. The number of carbonyl (C=O) groups is 1. The van der Waals surface area contributed by atoms with Gasteiger partial charge in [0.1, 0.15) is 17.3 Å². The summed E-state index contributed by atoms with van der Waals surface area (Å²) in [6, 6.07) is 22.9. The number of amides is 1. The second kappa shape index (κ2) is 7.29. The normalized spacial score (nSPS) is 15.3. The van der Waals surface area contributed by atoms with Crippen molar-refractivity contribution in [1.29, 1.82) is 0 Å². The summed E-state index contributed by atoms with van der Waals surface area (Å²) in [7, 11) is 0. The SMILES string of the molecule is O=C1/C(=C\c2ccccc2)N=C(c2ccc(Br)cc2)N1c1ccc(F)cc1. The summed E-state index contributed by atoms with van der Waals surface area (Å²) in [5.74, 6) is -0.0859. The van der Waals surface area contributed by atoms with Crippen molar-refractivity contribution in [2.75, 3.05) is 4.90 Å². The summed E-state index contributed by atoms with van der Waals surface area (Å²) in [5.41, 5.74) is 2.59. The second-order valence-electron chi connectivity index (χ2n) is 6.00. The molecule has 3 aromatic rings. The Morgan fingerprint density at radius 2 is 1.56 bits per heavy atom. The van der Waals surface area contributed by atoms with Crippen molar-refractivity contribution in [3.8, 4) is 0 Å². The van der Waals surface area contributed by atoms with E-state index in [-0.39, 0.29) is 11.7 Å². The van der Waals surface area contributed by atoms with Crippen LogP contribution in [-0.4, -0.2) is 11.7 Å². The van der Waals surface area contributed by atoms with Crippen LogP contribution in [0.1, 0.15) is 11.1 Å². The van der Waals surface area contributed by atoms with E-state index in [2.05, 4.69) is 20.9 Å². The van der Waals surface area contributed by atoms with Gasteiger partial charge in [-0.1, -0.05) is 58.4 Å². The largest absolute Gasteiger partial charge is 0.282 e. The quantitative estimate of drug-likeness (QED) is 0.520. The van der Waals surface area contributed by atoms with E-state index in [0.29, 0.717) is 17.2 Å². The molecule has 1 aliphatic heterocycles.